The van der Waals surface area contributed by atoms with Crippen LogP contribution < -0.4 is 9.62 Å². The summed E-state index contributed by atoms with van der Waals surface area (Å²) in [5, 5.41) is 3.62. The molecule has 43 heavy (non-hydrogen) atoms. The Morgan fingerprint density at radius 1 is 0.953 bits per heavy atom. The first-order valence-corrected chi connectivity index (χ1v) is 15.4. The third-order valence-corrected chi connectivity index (χ3v) is 9.71. The van der Waals surface area contributed by atoms with E-state index in [1.165, 1.54) is 15.6 Å². The van der Waals surface area contributed by atoms with Crippen LogP contribution in [0.4, 0.5) is 17.1 Å². The van der Waals surface area contributed by atoms with Crippen LogP contribution in [-0.4, -0.2) is 28.9 Å². The molecule has 212 valence electrons. The average Bonchev–Trinajstić information content (AvgIpc) is 3.67. The second kappa shape index (κ2) is 11.9. The van der Waals surface area contributed by atoms with Crippen molar-refractivity contribution in [3.8, 4) is 0 Å². The normalized spacial score (nSPS) is 11.2. The van der Waals surface area contributed by atoms with Gasteiger partial charge in [0.25, 0.3) is 15.9 Å². The van der Waals surface area contributed by atoms with Gasteiger partial charge < -0.3 is 9.88 Å². The van der Waals surface area contributed by atoms with Gasteiger partial charge in [0.05, 0.1) is 40.6 Å². The first kappa shape index (κ1) is 27.8. The quantitative estimate of drug-likeness (QED) is 0.184. The Kier molecular flexibility index (Phi) is 7.70. The van der Waals surface area contributed by atoms with Crippen LogP contribution in [0.1, 0.15) is 20.9 Å². The standard InChI is InChI=1S/C32H24N6O3S2/c1-33-25-9-7-23(8-10-25)20-37-22-35-19-28(37)21-38(43(40,41)29-5-3-2-4-6-29)27-11-12-30-24(17-27)18-31(42-30)32(39)36-26-13-15-34-16-14-26/h2-19,22H,20-21H2,(H,34,36,39). The summed E-state index contributed by atoms with van der Waals surface area (Å²) in [6, 6.07) is 26.1. The zero-order valence-electron chi connectivity index (χ0n) is 22.7. The highest BCUT2D eigenvalue weighted by Gasteiger charge is 2.27. The van der Waals surface area contributed by atoms with Crippen LogP contribution in [0.15, 0.2) is 121 Å². The van der Waals surface area contributed by atoms with Crippen molar-refractivity contribution < 1.29 is 13.2 Å². The third kappa shape index (κ3) is 6.01. The van der Waals surface area contributed by atoms with Crippen molar-refractivity contribution in [3.05, 3.63) is 143 Å². The Morgan fingerprint density at radius 3 is 2.47 bits per heavy atom. The van der Waals surface area contributed by atoms with Gasteiger partial charge in [-0.25, -0.2) is 18.2 Å². The molecule has 3 heterocycles. The molecule has 0 aliphatic rings. The van der Waals surface area contributed by atoms with E-state index in [-0.39, 0.29) is 17.3 Å². The predicted molar refractivity (Wildman–Crippen MR) is 168 cm³/mol. The predicted octanol–water partition coefficient (Wildman–Crippen LogP) is 6.74. The van der Waals surface area contributed by atoms with Crippen molar-refractivity contribution >= 4 is 54.4 Å². The number of sulfonamides is 1. The van der Waals surface area contributed by atoms with E-state index in [1.54, 1.807) is 97.7 Å². The number of nitrogens with one attached hydrogen (secondary N) is 1. The van der Waals surface area contributed by atoms with E-state index in [0.29, 0.717) is 34.2 Å². The largest absolute Gasteiger partial charge is 0.328 e. The van der Waals surface area contributed by atoms with Crippen molar-refractivity contribution in [2.75, 3.05) is 9.62 Å². The number of imidazole rings is 1. The number of benzene rings is 3. The molecule has 0 unspecified atom stereocenters. The van der Waals surface area contributed by atoms with Crippen LogP contribution in [0.5, 0.6) is 0 Å². The number of carbonyl (C=O) groups is 1. The topological polar surface area (TPSA) is 102 Å². The smallest absolute Gasteiger partial charge is 0.265 e. The van der Waals surface area contributed by atoms with E-state index in [2.05, 4.69) is 20.1 Å². The molecule has 0 radical (unpaired) electrons. The van der Waals surface area contributed by atoms with Gasteiger partial charge >= 0.3 is 0 Å². The summed E-state index contributed by atoms with van der Waals surface area (Å²) in [6.45, 7) is 7.67. The fourth-order valence-electron chi connectivity index (χ4n) is 4.60. The average molecular weight is 605 g/mol. The van der Waals surface area contributed by atoms with Gasteiger partial charge in [0.15, 0.2) is 5.69 Å². The minimum absolute atomic E-state index is 0.0302. The summed E-state index contributed by atoms with van der Waals surface area (Å²) < 4.78 is 32.2. The maximum atomic E-state index is 14.1. The van der Waals surface area contributed by atoms with Crippen LogP contribution in [0, 0.1) is 6.57 Å². The maximum Gasteiger partial charge on any atom is 0.265 e. The molecule has 1 N–H and O–H groups in total. The molecule has 0 saturated carbocycles. The second-order valence-electron chi connectivity index (χ2n) is 9.64. The summed E-state index contributed by atoms with van der Waals surface area (Å²) >= 11 is 1.33. The molecule has 0 saturated heterocycles. The highest BCUT2D eigenvalue weighted by Crippen LogP contribution is 2.33. The van der Waals surface area contributed by atoms with Gasteiger partial charge in [0.2, 0.25) is 0 Å². The van der Waals surface area contributed by atoms with E-state index < -0.39 is 10.0 Å². The minimum atomic E-state index is -3.97. The lowest BCUT2D eigenvalue weighted by Crippen LogP contribution is -2.31. The first-order valence-electron chi connectivity index (χ1n) is 13.2. The Morgan fingerprint density at radius 2 is 1.72 bits per heavy atom. The monoisotopic (exact) mass is 604 g/mol. The van der Waals surface area contributed by atoms with E-state index in [0.717, 1.165) is 15.6 Å². The summed E-state index contributed by atoms with van der Waals surface area (Å²) in [4.78, 5) is 25.3. The molecule has 0 bridgehead atoms. The van der Waals surface area contributed by atoms with E-state index in [1.807, 2.05) is 22.8 Å². The number of pyridine rings is 1. The minimum Gasteiger partial charge on any atom is -0.328 e. The van der Waals surface area contributed by atoms with Crippen LogP contribution in [0.3, 0.4) is 0 Å². The lowest BCUT2D eigenvalue weighted by atomic mass is 10.2. The molecule has 1 amide bonds. The van der Waals surface area contributed by atoms with Crippen LogP contribution in [0.25, 0.3) is 14.9 Å². The summed E-state index contributed by atoms with van der Waals surface area (Å²) in [7, 11) is -3.97. The van der Waals surface area contributed by atoms with Gasteiger partial charge in [-0.15, -0.1) is 11.3 Å². The number of thiophene rings is 1. The first-order chi connectivity index (χ1) is 20.9. The van der Waals surface area contributed by atoms with Crippen molar-refractivity contribution in [3.63, 3.8) is 0 Å². The zero-order valence-corrected chi connectivity index (χ0v) is 24.3. The molecule has 0 aliphatic carbocycles. The van der Waals surface area contributed by atoms with Gasteiger partial charge in [-0.2, -0.15) is 0 Å². The molecule has 0 aliphatic heterocycles. The van der Waals surface area contributed by atoms with E-state index in [9.17, 15) is 13.2 Å². The van der Waals surface area contributed by atoms with E-state index >= 15 is 0 Å². The van der Waals surface area contributed by atoms with Crippen LogP contribution >= 0.6 is 11.3 Å². The Labute approximate surface area is 252 Å². The maximum absolute atomic E-state index is 14.1. The van der Waals surface area contributed by atoms with Crippen molar-refractivity contribution in [2.24, 2.45) is 0 Å². The molecular formula is C32H24N6O3S2. The number of rotatable bonds is 9. The summed E-state index contributed by atoms with van der Waals surface area (Å²) in [5.74, 6) is -0.254. The molecule has 6 aromatic rings. The number of anilines is 2. The lowest BCUT2D eigenvalue weighted by Gasteiger charge is -2.25. The summed E-state index contributed by atoms with van der Waals surface area (Å²) in [5.41, 5.74) is 3.30. The van der Waals surface area contributed by atoms with Crippen molar-refractivity contribution in [1.82, 2.24) is 14.5 Å². The highest BCUT2D eigenvalue weighted by molar-refractivity contribution is 7.92. The molecular weight excluding hydrogens is 581 g/mol. The number of hydrogen-bond donors (Lipinski definition) is 1. The molecule has 9 nitrogen and oxygen atoms in total. The number of fused-ring (bicyclic) bond motifs is 1. The number of amides is 1. The van der Waals surface area contributed by atoms with E-state index in [4.69, 9.17) is 6.57 Å². The molecule has 3 aromatic heterocycles. The van der Waals surface area contributed by atoms with Crippen LogP contribution in [-0.2, 0) is 23.1 Å². The van der Waals surface area contributed by atoms with Gasteiger partial charge in [0.1, 0.15) is 0 Å². The van der Waals surface area contributed by atoms with Crippen LogP contribution in [0.2, 0.25) is 0 Å². The Bertz CT molecular complexity index is 2050. The fraction of sp³-hybridized carbons (Fsp3) is 0.0625. The van der Waals surface area contributed by atoms with Crippen molar-refractivity contribution in [1.29, 1.82) is 0 Å². The third-order valence-electron chi connectivity index (χ3n) is 6.80. The Hall–Kier alpha value is -5.31. The lowest BCUT2D eigenvalue weighted by molar-refractivity contribution is 0.103. The number of nitrogens with zero attached hydrogens (tertiary/aromatic N) is 5. The van der Waals surface area contributed by atoms with Gasteiger partial charge in [-0.05, 0) is 59.5 Å². The molecule has 11 heteroatoms. The number of hydrogen-bond acceptors (Lipinski definition) is 6. The fourth-order valence-corrected chi connectivity index (χ4v) is 6.99. The number of aromatic nitrogens is 3. The van der Waals surface area contributed by atoms with Crippen molar-refractivity contribution in [2.45, 2.75) is 18.0 Å². The molecule has 3 aromatic carbocycles. The molecule has 0 spiro atoms. The SMILES string of the molecule is [C-]#[N+]c1ccc(Cn2cncc2CN(c2ccc3sc(C(=O)Nc4ccncc4)cc3c2)S(=O)(=O)c2ccccc2)cc1. The van der Waals surface area contributed by atoms with Gasteiger partial charge in [-0.3, -0.25) is 14.1 Å². The molecule has 0 fully saturated rings. The second-order valence-corrected chi connectivity index (χ2v) is 12.6. The van der Waals surface area contributed by atoms with Gasteiger partial charge in [-0.1, -0.05) is 42.5 Å². The number of carbonyl (C=O) groups excluding carboxylic acids is 1. The Balaban J connectivity index is 1.34. The molecule has 6 rings (SSSR count). The highest BCUT2D eigenvalue weighted by atomic mass is 32.2. The zero-order chi connectivity index (χ0) is 29.8. The van der Waals surface area contributed by atoms with Gasteiger partial charge in [0, 0.05) is 35.5 Å². The molecule has 0 atom stereocenters. The summed E-state index contributed by atoms with van der Waals surface area (Å²) in [6.07, 6.45) is 6.53.